The van der Waals surface area contributed by atoms with Crippen molar-refractivity contribution in [2.45, 2.75) is 12.5 Å². The summed E-state index contributed by atoms with van der Waals surface area (Å²) >= 11 is 5.95. The highest BCUT2D eigenvalue weighted by atomic mass is 35.5. The van der Waals surface area contributed by atoms with E-state index in [1.165, 1.54) is 0 Å². The molecule has 1 atom stereocenters. The first kappa shape index (κ1) is 13.6. The average molecular weight is 300 g/mol. The van der Waals surface area contributed by atoms with E-state index in [4.69, 9.17) is 11.6 Å². The van der Waals surface area contributed by atoms with Gasteiger partial charge in [-0.25, -0.2) is 0 Å². The van der Waals surface area contributed by atoms with Gasteiger partial charge in [-0.1, -0.05) is 48.0 Å². The van der Waals surface area contributed by atoms with Gasteiger partial charge in [-0.15, -0.1) is 0 Å². The minimum absolute atomic E-state index is 0.0549. The van der Waals surface area contributed by atoms with Crippen LogP contribution < -0.4 is 10.7 Å². The number of carbonyl (C=O) groups is 1. The molecule has 1 heterocycles. The Kier molecular flexibility index (Phi) is 3.88. The second-order valence-electron chi connectivity index (χ2n) is 4.80. The Balaban J connectivity index is 1.91. The van der Waals surface area contributed by atoms with Crippen molar-refractivity contribution in [3.63, 3.8) is 0 Å². The van der Waals surface area contributed by atoms with Crippen molar-refractivity contribution < 1.29 is 4.79 Å². The lowest BCUT2D eigenvalue weighted by atomic mass is 9.94. The van der Waals surface area contributed by atoms with Gasteiger partial charge in [-0.3, -0.25) is 4.79 Å². The predicted molar refractivity (Wildman–Crippen MR) is 84.0 cm³/mol. The Labute approximate surface area is 127 Å². The normalized spacial score (nSPS) is 17.0. The molecule has 3 rings (SSSR count). The molecule has 1 aliphatic rings. The first-order chi connectivity index (χ1) is 10.3. The number of benzene rings is 2. The third kappa shape index (κ3) is 2.90. The van der Waals surface area contributed by atoms with Crippen LogP contribution in [0, 0.1) is 0 Å². The molecule has 0 saturated heterocycles. The lowest BCUT2D eigenvalue weighted by Gasteiger charge is -2.15. The van der Waals surface area contributed by atoms with Gasteiger partial charge in [0.2, 0.25) is 6.41 Å². The van der Waals surface area contributed by atoms with Gasteiger partial charge in [-0.05, 0) is 28.8 Å². The molecular weight excluding hydrogens is 286 g/mol. The smallest absolute Gasteiger partial charge is 0.212 e. The van der Waals surface area contributed by atoms with Crippen LogP contribution in [0.4, 0.5) is 0 Å². The third-order valence-electron chi connectivity index (χ3n) is 3.47. The number of amidine groups is 1. The van der Waals surface area contributed by atoms with Gasteiger partial charge in [0.25, 0.3) is 0 Å². The zero-order valence-corrected chi connectivity index (χ0v) is 12.0. The molecular formula is C16H14ClN3O. The molecule has 4 nitrogen and oxygen atoms in total. The summed E-state index contributed by atoms with van der Waals surface area (Å²) in [4.78, 5) is 10.5. The molecule has 5 heteroatoms. The van der Waals surface area contributed by atoms with Gasteiger partial charge < -0.3 is 10.7 Å². The van der Waals surface area contributed by atoms with Crippen molar-refractivity contribution in [1.82, 2.24) is 10.7 Å². The monoisotopic (exact) mass is 299 g/mol. The molecule has 0 spiro atoms. The van der Waals surface area contributed by atoms with Gasteiger partial charge in [0.05, 0.1) is 6.04 Å². The number of halogens is 1. The van der Waals surface area contributed by atoms with E-state index in [1.54, 1.807) is 0 Å². The minimum Gasteiger partial charge on any atom is -0.315 e. The van der Waals surface area contributed by atoms with E-state index in [1.807, 2.05) is 36.4 Å². The van der Waals surface area contributed by atoms with E-state index in [0.717, 1.165) is 21.7 Å². The maximum absolute atomic E-state index is 10.5. The van der Waals surface area contributed by atoms with Gasteiger partial charge in [0.15, 0.2) is 0 Å². The van der Waals surface area contributed by atoms with Crippen molar-refractivity contribution in [3.8, 4) is 11.1 Å². The van der Waals surface area contributed by atoms with Gasteiger partial charge in [0, 0.05) is 11.4 Å². The van der Waals surface area contributed by atoms with Crippen LogP contribution in [0.15, 0.2) is 53.6 Å². The first-order valence-corrected chi connectivity index (χ1v) is 7.03. The molecule has 2 aromatic carbocycles. The first-order valence-electron chi connectivity index (χ1n) is 6.65. The summed E-state index contributed by atoms with van der Waals surface area (Å²) in [5.41, 5.74) is 6.45. The average Bonchev–Trinajstić information content (AvgIpc) is 2.97. The number of carbonyl (C=O) groups excluding carboxylic acids is 1. The molecule has 1 aliphatic heterocycles. The largest absolute Gasteiger partial charge is 0.315 e. The Morgan fingerprint density at radius 1 is 1.19 bits per heavy atom. The highest BCUT2D eigenvalue weighted by Gasteiger charge is 2.22. The highest BCUT2D eigenvalue weighted by Crippen LogP contribution is 2.32. The lowest BCUT2D eigenvalue weighted by molar-refractivity contribution is -0.108. The fourth-order valence-electron chi connectivity index (χ4n) is 2.47. The fourth-order valence-corrected chi connectivity index (χ4v) is 2.60. The number of rotatable bonds is 3. The third-order valence-corrected chi connectivity index (χ3v) is 3.72. The van der Waals surface area contributed by atoms with E-state index < -0.39 is 0 Å². The maximum Gasteiger partial charge on any atom is 0.212 e. The Morgan fingerprint density at radius 3 is 2.71 bits per heavy atom. The van der Waals surface area contributed by atoms with Crippen LogP contribution in [-0.4, -0.2) is 12.2 Å². The van der Waals surface area contributed by atoms with Gasteiger partial charge in [-0.2, -0.15) is 5.10 Å². The van der Waals surface area contributed by atoms with Crippen LogP contribution >= 0.6 is 11.6 Å². The molecule has 21 heavy (non-hydrogen) atoms. The Bertz CT molecular complexity index is 682. The van der Waals surface area contributed by atoms with Crippen molar-refractivity contribution in [3.05, 3.63) is 59.1 Å². The van der Waals surface area contributed by atoms with Crippen LogP contribution in [0.25, 0.3) is 11.1 Å². The summed E-state index contributed by atoms with van der Waals surface area (Å²) in [6.07, 6.45) is 1.30. The summed E-state index contributed by atoms with van der Waals surface area (Å²) in [7, 11) is 0. The molecule has 0 aromatic heterocycles. The molecule has 106 valence electrons. The second kappa shape index (κ2) is 5.97. The van der Waals surface area contributed by atoms with Crippen molar-refractivity contribution in [1.29, 1.82) is 0 Å². The molecule has 1 unspecified atom stereocenters. The van der Waals surface area contributed by atoms with E-state index in [0.29, 0.717) is 18.7 Å². The van der Waals surface area contributed by atoms with Crippen molar-refractivity contribution in [2.24, 2.45) is 5.10 Å². The molecule has 2 aromatic rings. The maximum atomic E-state index is 10.5. The van der Waals surface area contributed by atoms with E-state index in [2.05, 4.69) is 28.0 Å². The quantitative estimate of drug-likeness (QED) is 0.856. The molecule has 0 saturated carbocycles. The standard InChI is InChI=1S/C16H14ClN3O/c17-12-7-5-11(6-8-12)13-3-1-2-4-14(13)15-9-16(18-10-21)20-19-15/h1-8,10,15,19H,9H2,(H,18,20,21). The molecule has 0 bridgehead atoms. The van der Waals surface area contributed by atoms with E-state index in [9.17, 15) is 4.79 Å². The van der Waals surface area contributed by atoms with Gasteiger partial charge >= 0.3 is 0 Å². The second-order valence-corrected chi connectivity index (χ2v) is 5.24. The zero-order chi connectivity index (χ0) is 14.7. The van der Waals surface area contributed by atoms with Crippen LogP contribution in [0.5, 0.6) is 0 Å². The predicted octanol–water partition coefficient (Wildman–Crippen LogP) is 3.10. The number of nitrogens with one attached hydrogen (secondary N) is 2. The number of nitrogens with zero attached hydrogens (tertiary/aromatic N) is 1. The van der Waals surface area contributed by atoms with Crippen molar-refractivity contribution in [2.75, 3.05) is 0 Å². The summed E-state index contributed by atoms with van der Waals surface area (Å²) in [5.74, 6) is 0.654. The Morgan fingerprint density at radius 2 is 1.95 bits per heavy atom. The van der Waals surface area contributed by atoms with Crippen LogP contribution in [0.1, 0.15) is 18.0 Å². The number of amides is 1. The number of hydrogen-bond acceptors (Lipinski definition) is 3. The zero-order valence-electron chi connectivity index (χ0n) is 11.2. The topological polar surface area (TPSA) is 53.5 Å². The van der Waals surface area contributed by atoms with Crippen LogP contribution in [-0.2, 0) is 4.79 Å². The van der Waals surface area contributed by atoms with Crippen LogP contribution in [0.2, 0.25) is 5.02 Å². The molecule has 2 N–H and O–H groups in total. The number of hydrazone groups is 1. The number of hydrogen-bond donors (Lipinski definition) is 2. The highest BCUT2D eigenvalue weighted by molar-refractivity contribution is 6.30. The molecule has 1 amide bonds. The molecule has 0 fully saturated rings. The summed E-state index contributed by atoms with van der Waals surface area (Å²) in [6.45, 7) is 0. The fraction of sp³-hybridized carbons (Fsp3) is 0.125. The van der Waals surface area contributed by atoms with Crippen LogP contribution in [0.3, 0.4) is 0 Å². The summed E-state index contributed by atoms with van der Waals surface area (Å²) in [6, 6.07) is 16.0. The lowest BCUT2D eigenvalue weighted by Crippen LogP contribution is -2.19. The Hall–Kier alpha value is -2.33. The molecule has 0 radical (unpaired) electrons. The van der Waals surface area contributed by atoms with Crippen molar-refractivity contribution >= 4 is 23.8 Å². The minimum atomic E-state index is 0.0549. The molecule has 0 aliphatic carbocycles. The van der Waals surface area contributed by atoms with Gasteiger partial charge in [0.1, 0.15) is 5.84 Å². The van der Waals surface area contributed by atoms with E-state index >= 15 is 0 Å². The summed E-state index contributed by atoms with van der Waals surface area (Å²) in [5, 5.41) is 7.45. The van der Waals surface area contributed by atoms with E-state index in [-0.39, 0.29) is 6.04 Å². The summed E-state index contributed by atoms with van der Waals surface area (Å²) < 4.78 is 0. The SMILES string of the molecule is O=CNC1=NNC(c2ccccc2-c2ccc(Cl)cc2)C1.